The van der Waals surface area contributed by atoms with Crippen LogP contribution in [0.5, 0.6) is 0 Å². The number of piperidine rings is 1. The summed E-state index contributed by atoms with van der Waals surface area (Å²) in [7, 11) is 1.61. The molecule has 2 aromatic rings. The minimum absolute atomic E-state index is 0.0610. The molecule has 2 aromatic carbocycles. The molecule has 0 atom stereocenters. The predicted molar refractivity (Wildman–Crippen MR) is 128 cm³/mol. The van der Waals surface area contributed by atoms with E-state index in [1.54, 1.807) is 42.3 Å². The second kappa shape index (κ2) is 11.2. The first kappa shape index (κ1) is 23.8. The molecule has 1 saturated heterocycles. The van der Waals surface area contributed by atoms with Gasteiger partial charge in [0.05, 0.1) is 16.6 Å². The number of carbonyl (C=O) groups excluding carboxylic acids is 3. The van der Waals surface area contributed by atoms with Gasteiger partial charge in [-0.15, -0.1) is 0 Å². The number of rotatable bonds is 6. The lowest BCUT2D eigenvalue weighted by Gasteiger charge is -2.32. The van der Waals surface area contributed by atoms with Crippen LogP contribution in [0.15, 0.2) is 54.6 Å². The third-order valence-electron chi connectivity index (χ3n) is 5.33. The van der Waals surface area contributed by atoms with E-state index >= 15 is 0 Å². The van der Waals surface area contributed by atoms with E-state index in [0.29, 0.717) is 41.7 Å². The van der Waals surface area contributed by atoms with Crippen LogP contribution in [-0.2, 0) is 14.4 Å². The summed E-state index contributed by atoms with van der Waals surface area (Å²) in [5.74, 6) is -0.687. The molecule has 32 heavy (non-hydrogen) atoms. The number of benzene rings is 2. The largest absolute Gasteiger partial charge is 0.339 e. The molecule has 6 nitrogen and oxygen atoms in total. The van der Waals surface area contributed by atoms with E-state index in [4.69, 9.17) is 23.2 Å². The van der Waals surface area contributed by atoms with Crippen molar-refractivity contribution in [1.82, 2.24) is 9.80 Å². The van der Waals surface area contributed by atoms with E-state index < -0.39 is 0 Å². The van der Waals surface area contributed by atoms with Crippen LogP contribution in [0.25, 0.3) is 6.08 Å². The number of nitrogens with zero attached hydrogens (tertiary/aromatic N) is 2. The fourth-order valence-corrected chi connectivity index (χ4v) is 3.86. The number of hydrogen-bond donors (Lipinski definition) is 1. The lowest BCUT2D eigenvalue weighted by Crippen LogP contribution is -2.44. The summed E-state index contributed by atoms with van der Waals surface area (Å²) in [6.07, 6.45) is 4.50. The zero-order valence-electron chi connectivity index (χ0n) is 17.8. The lowest BCUT2D eigenvalue weighted by atomic mass is 9.95. The molecule has 1 heterocycles. The smallest absolute Gasteiger partial charge is 0.246 e. The van der Waals surface area contributed by atoms with E-state index in [1.165, 1.54) is 4.90 Å². The average Bonchev–Trinajstić information content (AvgIpc) is 2.80. The van der Waals surface area contributed by atoms with Gasteiger partial charge in [0.1, 0.15) is 0 Å². The Labute approximate surface area is 197 Å². The van der Waals surface area contributed by atoms with Crippen LogP contribution in [0.3, 0.4) is 0 Å². The molecule has 1 N–H and O–H groups in total. The van der Waals surface area contributed by atoms with Gasteiger partial charge in [0.25, 0.3) is 0 Å². The fourth-order valence-electron chi connectivity index (χ4n) is 3.56. The van der Waals surface area contributed by atoms with Gasteiger partial charge in [-0.1, -0.05) is 53.5 Å². The highest BCUT2D eigenvalue weighted by Crippen LogP contribution is 2.25. The third kappa shape index (κ3) is 6.58. The fraction of sp³-hybridized carbons (Fsp3) is 0.292. The number of anilines is 1. The quantitative estimate of drug-likeness (QED) is 0.634. The van der Waals surface area contributed by atoms with Crippen LogP contribution in [0, 0.1) is 5.92 Å². The number of halogens is 2. The van der Waals surface area contributed by atoms with E-state index in [1.807, 2.05) is 30.3 Å². The number of carbonyl (C=O) groups is 3. The number of likely N-dealkylation sites (tertiary alicyclic amines) is 1. The molecule has 0 unspecified atom stereocenters. The standard InChI is InChI=1S/C24H25Cl2N3O3/c1-28(16-22(30)27-19-8-9-20(25)21(26)15-19)24(32)18-11-13-29(14-12-18)23(31)10-7-17-5-3-2-4-6-17/h2-10,15,18H,11-14,16H2,1H3,(H,27,30)/b10-7+. The Morgan fingerprint density at radius 2 is 1.75 bits per heavy atom. The predicted octanol–water partition coefficient (Wildman–Crippen LogP) is 4.34. The molecule has 0 aromatic heterocycles. The highest BCUT2D eigenvalue weighted by molar-refractivity contribution is 6.42. The number of likely N-dealkylation sites (N-methyl/N-ethyl adjacent to an activating group) is 1. The van der Waals surface area contributed by atoms with Gasteiger partial charge in [0.15, 0.2) is 0 Å². The Hall–Kier alpha value is -2.83. The summed E-state index contributed by atoms with van der Waals surface area (Å²) >= 11 is 11.8. The molecule has 1 fully saturated rings. The maximum atomic E-state index is 12.8. The first-order chi connectivity index (χ1) is 15.3. The zero-order chi connectivity index (χ0) is 23.1. The van der Waals surface area contributed by atoms with Crippen LogP contribution < -0.4 is 5.32 Å². The second-order valence-electron chi connectivity index (χ2n) is 7.71. The van der Waals surface area contributed by atoms with Crippen molar-refractivity contribution in [3.63, 3.8) is 0 Å². The van der Waals surface area contributed by atoms with Gasteiger partial charge in [0.2, 0.25) is 17.7 Å². The van der Waals surface area contributed by atoms with Crippen molar-refractivity contribution < 1.29 is 14.4 Å². The van der Waals surface area contributed by atoms with Crippen molar-refractivity contribution in [1.29, 1.82) is 0 Å². The van der Waals surface area contributed by atoms with Crippen molar-refractivity contribution >= 4 is 52.7 Å². The first-order valence-corrected chi connectivity index (χ1v) is 11.1. The Morgan fingerprint density at radius 1 is 1.06 bits per heavy atom. The summed E-state index contributed by atoms with van der Waals surface area (Å²) in [6.45, 7) is 0.952. The molecule has 0 spiro atoms. The maximum absolute atomic E-state index is 12.8. The Bertz CT molecular complexity index is 1000. The van der Waals surface area contributed by atoms with Gasteiger partial charge in [0, 0.05) is 37.8 Å². The SMILES string of the molecule is CN(CC(=O)Nc1ccc(Cl)c(Cl)c1)C(=O)C1CCN(C(=O)/C=C/c2ccccc2)CC1. The van der Waals surface area contributed by atoms with Crippen molar-refractivity contribution in [2.75, 3.05) is 32.0 Å². The number of nitrogens with one attached hydrogen (secondary N) is 1. The van der Waals surface area contributed by atoms with Crippen LogP contribution in [0.4, 0.5) is 5.69 Å². The molecule has 0 radical (unpaired) electrons. The summed E-state index contributed by atoms with van der Waals surface area (Å²) in [6, 6.07) is 14.4. The van der Waals surface area contributed by atoms with Crippen LogP contribution in [-0.4, -0.2) is 54.2 Å². The molecule has 3 rings (SSSR count). The summed E-state index contributed by atoms with van der Waals surface area (Å²) < 4.78 is 0. The highest BCUT2D eigenvalue weighted by atomic mass is 35.5. The van der Waals surface area contributed by atoms with Crippen molar-refractivity contribution in [3.05, 3.63) is 70.2 Å². The molecule has 0 saturated carbocycles. The second-order valence-corrected chi connectivity index (χ2v) is 8.53. The van der Waals surface area contributed by atoms with Gasteiger partial charge in [-0.05, 0) is 42.7 Å². The summed E-state index contributed by atoms with van der Waals surface area (Å²) in [5.41, 5.74) is 1.48. The monoisotopic (exact) mass is 473 g/mol. The summed E-state index contributed by atoms with van der Waals surface area (Å²) in [4.78, 5) is 40.6. The Balaban J connectivity index is 1.45. The van der Waals surface area contributed by atoms with Gasteiger partial charge in [-0.3, -0.25) is 14.4 Å². The molecule has 1 aliphatic rings. The minimum atomic E-state index is -0.321. The summed E-state index contributed by atoms with van der Waals surface area (Å²) in [5, 5.41) is 3.45. The van der Waals surface area contributed by atoms with E-state index in [2.05, 4.69) is 5.32 Å². The molecular formula is C24H25Cl2N3O3. The maximum Gasteiger partial charge on any atom is 0.246 e. The van der Waals surface area contributed by atoms with Crippen LogP contribution in [0.1, 0.15) is 18.4 Å². The van der Waals surface area contributed by atoms with Gasteiger partial charge in [-0.25, -0.2) is 0 Å². The highest BCUT2D eigenvalue weighted by Gasteiger charge is 2.29. The Morgan fingerprint density at radius 3 is 2.41 bits per heavy atom. The van der Waals surface area contributed by atoms with E-state index in [9.17, 15) is 14.4 Å². The van der Waals surface area contributed by atoms with Crippen LogP contribution >= 0.6 is 23.2 Å². The molecule has 1 aliphatic heterocycles. The normalized spacial score (nSPS) is 14.4. The zero-order valence-corrected chi connectivity index (χ0v) is 19.3. The topological polar surface area (TPSA) is 69.7 Å². The Kier molecular flexibility index (Phi) is 8.31. The van der Waals surface area contributed by atoms with Crippen LogP contribution in [0.2, 0.25) is 10.0 Å². The van der Waals surface area contributed by atoms with E-state index in [-0.39, 0.29) is 30.2 Å². The number of amides is 3. The molecule has 168 valence electrons. The lowest BCUT2D eigenvalue weighted by molar-refractivity contribution is -0.140. The average molecular weight is 474 g/mol. The first-order valence-electron chi connectivity index (χ1n) is 10.4. The van der Waals surface area contributed by atoms with Crippen molar-refractivity contribution in [3.8, 4) is 0 Å². The molecule has 0 bridgehead atoms. The van der Waals surface area contributed by atoms with Crippen molar-refractivity contribution in [2.45, 2.75) is 12.8 Å². The van der Waals surface area contributed by atoms with E-state index in [0.717, 1.165) is 5.56 Å². The van der Waals surface area contributed by atoms with Crippen molar-refractivity contribution in [2.24, 2.45) is 5.92 Å². The molecule has 8 heteroatoms. The number of hydrogen-bond acceptors (Lipinski definition) is 3. The molecule has 3 amide bonds. The molecule has 0 aliphatic carbocycles. The molecular weight excluding hydrogens is 449 g/mol. The van der Waals surface area contributed by atoms with Gasteiger partial charge < -0.3 is 15.1 Å². The van der Waals surface area contributed by atoms with Gasteiger partial charge in [-0.2, -0.15) is 0 Å². The van der Waals surface area contributed by atoms with Gasteiger partial charge >= 0.3 is 0 Å². The minimum Gasteiger partial charge on any atom is -0.339 e. The third-order valence-corrected chi connectivity index (χ3v) is 6.07.